The van der Waals surface area contributed by atoms with Crippen LogP contribution in [0.4, 0.5) is 5.69 Å². The largest absolute Gasteiger partial charge is 0.504 e. The number of phenols is 1. The first-order valence-corrected chi connectivity index (χ1v) is 4.36. The van der Waals surface area contributed by atoms with E-state index in [2.05, 4.69) is 15.9 Å². The fraction of sp³-hybridized carbons (Fsp3) is 0.125. The van der Waals surface area contributed by atoms with E-state index in [4.69, 9.17) is 15.6 Å². The van der Waals surface area contributed by atoms with Gasteiger partial charge in [-0.3, -0.25) is 0 Å². The van der Waals surface area contributed by atoms with Crippen LogP contribution in [0.15, 0.2) is 10.5 Å². The van der Waals surface area contributed by atoms with E-state index in [1.807, 2.05) is 0 Å². The Labute approximate surface area is 88.2 Å². The zero-order valence-corrected chi connectivity index (χ0v) is 8.83. The highest BCUT2D eigenvalue weighted by Crippen LogP contribution is 2.40. The lowest BCUT2D eigenvalue weighted by atomic mass is 10.1. The Morgan fingerprint density at radius 3 is 2.64 bits per heavy atom. The molecule has 1 aromatic rings. The molecular weight excluding hydrogens is 254 g/mol. The molecule has 0 radical (unpaired) electrons. The molecule has 6 heteroatoms. The molecule has 0 saturated carbocycles. The van der Waals surface area contributed by atoms with Crippen molar-refractivity contribution < 1.29 is 19.7 Å². The van der Waals surface area contributed by atoms with E-state index in [1.165, 1.54) is 7.11 Å². The third kappa shape index (κ3) is 1.60. The molecule has 76 valence electrons. The standard InChI is InChI=1S/C8H8BrNO4/c1-14-7-4(11)2-3(8(12)13)5(9)6(7)10/h2,11H,10H2,1H3,(H,12,13). The van der Waals surface area contributed by atoms with Crippen molar-refractivity contribution in [2.45, 2.75) is 0 Å². The first-order valence-electron chi connectivity index (χ1n) is 3.57. The van der Waals surface area contributed by atoms with E-state index in [-0.39, 0.29) is 27.2 Å². The second-order valence-electron chi connectivity index (χ2n) is 2.51. The molecule has 0 saturated heterocycles. The molecule has 1 aromatic carbocycles. The van der Waals surface area contributed by atoms with Gasteiger partial charge in [-0.1, -0.05) is 0 Å². The van der Waals surface area contributed by atoms with Gasteiger partial charge in [0.2, 0.25) is 0 Å². The number of carboxylic acids is 1. The maximum absolute atomic E-state index is 10.7. The topological polar surface area (TPSA) is 92.8 Å². The Hall–Kier alpha value is -1.43. The minimum atomic E-state index is -1.18. The smallest absolute Gasteiger partial charge is 0.337 e. The molecule has 5 nitrogen and oxygen atoms in total. The maximum Gasteiger partial charge on any atom is 0.337 e. The van der Waals surface area contributed by atoms with Crippen LogP contribution < -0.4 is 10.5 Å². The number of hydrogen-bond donors (Lipinski definition) is 3. The van der Waals surface area contributed by atoms with Crippen molar-refractivity contribution in [2.75, 3.05) is 12.8 Å². The van der Waals surface area contributed by atoms with Gasteiger partial charge in [-0.15, -0.1) is 0 Å². The van der Waals surface area contributed by atoms with E-state index in [1.54, 1.807) is 0 Å². The van der Waals surface area contributed by atoms with Crippen molar-refractivity contribution in [3.8, 4) is 11.5 Å². The molecule has 14 heavy (non-hydrogen) atoms. The Morgan fingerprint density at radius 1 is 1.64 bits per heavy atom. The van der Waals surface area contributed by atoms with Crippen LogP contribution in [-0.4, -0.2) is 23.3 Å². The number of carboxylic acid groups (broad SMARTS) is 1. The predicted molar refractivity (Wildman–Crippen MR) is 53.7 cm³/mol. The SMILES string of the molecule is COc1c(O)cc(C(=O)O)c(Br)c1N. The van der Waals surface area contributed by atoms with Gasteiger partial charge >= 0.3 is 5.97 Å². The van der Waals surface area contributed by atoms with Crippen molar-refractivity contribution in [3.05, 3.63) is 16.1 Å². The first kappa shape index (κ1) is 10.6. The van der Waals surface area contributed by atoms with Crippen molar-refractivity contribution in [1.29, 1.82) is 0 Å². The van der Waals surface area contributed by atoms with Gasteiger partial charge in [0.15, 0.2) is 11.5 Å². The average molecular weight is 262 g/mol. The van der Waals surface area contributed by atoms with E-state index >= 15 is 0 Å². The molecule has 0 aromatic heterocycles. The zero-order valence-electron chi connectivity index (χ0n) is 7.24. The molecule has 0 spiro atoms. The van der Waals surface area contributed by atoms with Gasteiger partial charge < -0.3 is 20.7 Å². The molecule has 4 N–H and O–H groups in total. The number of ether oxygens (including phenoxy) is 1. The molecule has 1 rings (SSSR count). The van der Waals surface area contributed by atoms with E-state index in [0.717, 1.165) is 6.07 Å². The number of benzene rings is 1. The van der Waals surface area contributed by atoms with Gasteiger partial charge in [0.1, 0.15) is 0 Å². The van der Waals surface area contributed by atoms with Crippen LogP contribution in [0.25, 0.3) is 0 Å². The van der Waals surface area contributed by atoms with E-state index in [9.17, 15) is 9.90 Å². The molecule has 0 fully saturated rings. The van der Waals surface area contributed by atoms with Crippen molar-refractivity contribution in [2.24, 2.45) is 0 Å². The Bertz CT molecular complexity index is 391. The summed E-state index contributed by atoms with van der Waals surface area (Å²) in [5.74, 6) is -1.42. The number of methoxy groups -OCH3 is 1. The van der Waals surface area contributed by atoms with Gasteiger partial charge in [-0.25, -0.2) is 4.79 Å². The van der Waals surface area contributed by atoms with Gasteiger partial charge in [-0.2, -0.15) is 0 Å². The summed E-state index contributed by atoms with van der Waals surface area (Å²) in [5, 5.41) is 18.1. The first-order chi connectivity index (χ1) is 6.49. The lowest BCUT2D eigenvalue weighted by Crippen LogP contribution is -2.02. The number of halogens is 1. The minimum Gasteiger partial charge on any atom is -0.504 e. The molecule has 0 aliphatic rings. The monoisotopic (exact) mass is 261 g/mol. The van der Waals surface area contributed by atoms with Crippen molar-refractivity contribution in [3.63, 3.8) is 0 Å². The zero-order chi connectivity index (χ0) is 10.9. The molecular formula is C8H8BrNO4. The third-order valence-electron chi connectivity index (χ3n) is 1.67. The van der Waals surface area contributed by atoms with Gasteiger partial charge in [0.25, 0.3) is 0 Å². The molecule has 0 unspecified atom stereocenters. The van der Waals surface area contributed by atoms with E-state index < -0.39 is 5.97 Å². The second kappa shape index (κ2) is 3.75. The molecule has 0 amide bonds. The summed E-state index contributed by atoms with van der Waals surface area (Å²) in [6, 6.07) is 1.07. The number of phenolic OH excluding ortho intramolecular Hbond substituents is 1. The van der Waals surface area contributed by atoms with Crippen LogP contribution >= 0.6 is 15.9 Å². The molecule has 0 heterocycles. The van der Waals surface area contributed by atoms with Gasteiger partial charge in [0, 0.05) is 0 Å². The van der Waals surface area contributed by atoms with Crippen LogP contribution in [0.1, 0.15) is 10.4 Å². The van der Waals surface area contributed by atoms with Crippen molar-refractivity contribution in [1.82, 2.24) is 0 Å². The summed E-state index contributed by atoms with van der Waals surface area (Å²) >= 11 is 3.01. The summed E-state index contributed by atoms with van der Waals surface area (Å²) < 4.78 is 4.99. The van der Waals surface area contributed by atoms with Crippen LogP contribution in [0.5, 0.6) is 11.5 Å². The fourth-order valence-electron chi connectivity index (χ4n) is 1.02. The Kier molecular flexibility index (Phi) is 2.85. The summed E-state index contributed by atoms with van der Waals surface area (Å²) in [6.45, 7) is 0. The van der Waals surface area contributed by atoms with Gasteiger partial charge in [-0.05, 0) is 22.0 Å². The summed E-state index contributed by atoms with van der Waals surface area (Å²) in [4.78, 5) is 10.7. The Morgan fingerprint density at radius 2 is 2.21 bits per heavy atom. The number of hydrogen-bond acceptors (Lipinski definition) is 4. The minimum absolute atomic E-state index is 0.0573. The normalized spacial score (nSPS) is 9.86. The molecule has 0 bridgehead atoms. The third-order valence-corrected chi connectivity index (χ3v) is 2.52. The maximum atomic E-state index is 10.7. The number of anilines is 1. The number of nitrogens with two attached hydrogens (primary N) is 1. The lowest BCUT2D eigenvalue weighted by molar-refractivity contribution is 0.0695. The van der Waals surface area contributed by atoms with E-state index in [0.29, 0.717) is 0 Å². The van der Waals surface area contributed by atoms with Gasteiger partial charge in [0.05, 0.1) is 22.8 Å². The summed E-state index contributed by atoms with van der Waals surface area (Å²) in [7, 11) is 1.33. The second-order valence-corrected chi connectivity index (χ2v) is 3.30. The van der Waals surface area contributed by atoms with Crippen LogP contribution in [0.3, 0.4) is 0 Å². The number of aromatic hydroxyl groups is 1. The fourth-order valence-corrected chi connectivity index (χ4v) is 1.48. The molecule has 0 aliphatic carbocycles. The highest BCUT2D eigenvalue weighted by molar-refractivity contribution is 9.10. The predicted octanol–water partition coefficient (Wildman–Crippen LogP) is 1.44. The summed E-state index contributed by atoms with van der Waals surface area (Å²) in [5.41, 5.74) is 5.49. The van der Waals surface area contributed by atoms with Crippen LogP contribution in [-0.2, 0) is 0 Å². The molecule has 0 atom stereocenters. The summed E-state index contributed by atoms with van der Waals surface area (Å²) in [6.07, 6.45) is 0. The number of nitrogen functional groups attached to an aromatic ring is 1. The quantitative estimate of drug-likeness (QED) is 0.701. The number of rotatable bonds is 2. The lowest BCUT2D eigenvalue weighted by Gasteiger charge is -2.10. The highest BCUT2D eigenvalue weighted by Gasteiger charge is 2.18. The number of aromatic carboxylic acids is 1. The number of carbonyl (C=O) groups is 1. The van der Waals surface area contributed by atoms with Crippen LogP contribution in [0.2, 0.25) is 0 Å². The average Bonchev–Trinajstić information content (AvgIpc) is 2.12. The highest BCUT2D eigenvalue weighted by atomic mass is 79.9. The molecule has 0 aliphatic heterocycles. The van der Waals surface area contributed by atoms with Crippen molar-refractivity contribution >= 4 is 27.6 Å². The Balaban J connectivity index is 3.47. The van der Waals surface area contributed by atoms with Crippen LogP contribution in [0, 0.1) is 0 Å².